The smallest absolute Gasteiger partial charge is 0.163 e. The molecule has 5 heteroatoms. The number of rotatable bonds is 8. The SMILES string of the molecule is O=C1CCCc2c1ccc(O[C@@H](Cc1ncc[nH]1)c1ccccc1)c2CCc1ccc(F)cc1. The number of halogens is 1. The van der Waals surface area contributed by atoms with E-state index in [0.29, 0.717) is 12.8 Å². The second-order valence-electron chi connectivity index (χ2n) is 8.73. The highest BCUT2D eigenvalue weighted by Crippen LogP contribution is 2.35. The number of aromatic nitrogens is 2. The molecule has 172 valence electrons. The van der Waals surface area contributed by atoms with Gasteiger partial charge in [0.05, 0.1) is 0 Å². The van der Waals surface area contributed by atoms with Crippen molar-refractivity contribution in [2.24, 2.45) is 0 Å². The number of benzene rings is 3. The van der Waals surface area contributed by atoms with Crippen molar-refractivity contribution < 1.29 is 13.9 Å². The summed E-state index contributed by atoms with van der Waals surface area (Å²) in [6.07, 6.45) is 7.72. The summed E-state index contributed by atoms with van der Waals surface area (Å²) in [5, 5.41) is 0. The lowest BCUT2D eigenvalue weighted by atomic mass is 9.85. The Hall–Kier alpha value is -3.73. The Morgan fingerprint density at radius 3 is 2.56 bits per heavy atom. The van der Waals surface area contributed by atoms with Crippen molar-refractivity contribution in [3.63, 3.8) is 0 Å². The Labute approximate surface area is 198 Å². The summed E-state index contributed by atoms with van der Waals surface area (Å²) in [5.74, 6) is 1.62. The predicted octanol–water partition coefficient (Wildman–Crippen LogP) is 6.22. The monoisotopic (exact) mass is 454 g/mol. The van der Waals surface area contributed by atoms with Gasteiger partial charge >= 0.3 is 0 Å². The van der Waals surface area contributed by atoms with E-state index in [4.69, 9.17) is 4.74 Å². The number of ketones is 1. The van der Waals surface area contributed by atoms with E-state index in [2.05, 4.69) is 22.1 Å². The number of hydrogen-bond acceptors (Lipinski definition) is 3. The summed E-state index contributed by atoms with van der Waals surface area (Å²) < 4.78 is 20.1. The van der Waals surface area contributed by atoms with Crippen LogP contribution in [0.4, 0.5) is 4.39 Å². The van der Waals surface area contributed by atoms with Crippen molar-refractivity contribution >= 4 is 5.78 Å². The molecule has 5 rings (SSSR count). The molecule has 4 nitrogen and oxygen atoms in total. The van der Waals surface area contributed by atoms with Gasteiger partial charge < -0.3 is 9.72 Å². The second-order valence-corrected chi connectivity index (χ2v) is 8.73. The molecule has 1 heterocycles. The number of hydrogen-bond donors (Lipinski definition) is 1. The zero-order valence-electron chi connectivity index (χ0n) is 19.0. The van der Waals surface area contributed by atoms with Gasteiger partial charge in [-0.3, -0.25) is 4.79 Å². The first-order chi connectivity index (χ1) is 16.7. The van der Waals surface area contributed by atoms with Crippen LogP contribution in [0.15, 0.2) is 79.1 Å². The van der Waals surface area contributed by atoms with Crippen molar-refractivity contribution in [3.05, 3.63) is 119 Å². The summed E-state index contributed by atoms with van der Waals surface area (Å²) in [4.78, 5) is 20.2. The highest BCUT2D eigenvalue weighted by Gasteiger charge is 2.24. The van der Waals surface area contributed by atoms with Crippen LogP contribution in [0.1, 0.15) is 57.4 Å². The lowest BCUT2D eigenvalue weighted by Gasteiger charge is -2.25. The number of aromatic amines is 1. The second kappa shape index (κ2) is 10.0. The lowest BCUT2D eigenvalue weighted by Crippen LogP contribution is -2.17. The molecule has 0 radical (unpaired) electrons. The third-order valence-corrected chi connectivity index (χ3v) is 6.47. The summed E-state index contributed by atoms with van der Waals surface area (Å²) in [6, 6.07) is 20.6. The van der Waals surface area contributed by atoms with Crippen molar-refractivity contribution in [1.82, 2.24) is 9.97 Å². The van der Waals surface area contributed by atoms with E-state index in [9.17, 15) is 9.18 Å². The van der Waals surface area contributed by atoms with Crippen molar-refractivity contribution in [2.45, 2.75) is 44.6 Å². The van der Waals surface area contributed by atoms with Crippen LogP contribution in [0, 0.1) is 5.82 Å². The Morgan fingerprint density at radius 1 is 0.971 bits per heavy atom. The number of carbonyl (C=O) groups is 1. The third-order valence-electron chi connectivity index (χ3n) is 6.47. The molecule has 0 bridgehead atoms. The molecule has 0 fully saturated rings. The fourth-order valence-electron chi connectivity index (χ4n) is 4.72. The highest BCUT2D eigenvalue weighted by molar-refractivity contribution is 5.99. The molecule has 0 saturated carbocycles. The lowest BCUT2D eigenvalue weighted by molar-refractivity contribution is 0.0972. The molecule has 1 aliphatic rings. The first-order valence-electron chi connectivity index (χ1n) is 11.8. The van der Waals surface area contributed by atoms with Crippen LogP contribution < -0.4 is 4.74 Å². The molecule has 0 aliphatic heterocycles. The van der Waals surface area contributed by atoms with Crippen LogP contribution in [0.3, 0.4) is 0 Å². The summed E-state index contributed by atoms with van der Waals surface area (Å²) in [5.41, 5.74) is 5.12. The number of Topliss-reactive ketones (excluding diaryl/α,β-unsaturated/α-hetero) is 1. The minimum Gasteiger partial charge on any atom is -0.485 e. The molecule has 0 unspecified atom stereocenters. The van der Waals surface area contributed by atoms with Crippen LogP contribution in [0.25, 0.3) is 0 Å². The largest absolute Gasteiger partial charge is 0.485 e. The van der Waals surface area contributed by atoms with Crippen LogP contribution in [0.2, 0.25) is 0 Å². The summed E-state index contributed by atoms with van der Waals surface area (Å²) in [7, 11) is 0. The number of carbonyl (C=O) groups excluding carboxylic acids is 1. The molecule has 0 amide bonds. The van der Waals surface area contributed by atoms with Crippen LogP contribution >= 0.6 is 0 Å². The molecule has 0 saturated heterocycles. The van der Waals surface area contributed by atoms with Gasteiger partial charge in [0.15, 0.2) is 5.78 Å². The maximum absolute atomic E-state index is 13.4. The van der Waals surface area contributed by atoms with Gasteiger partial charge in [0.2, 0.25) is 0 Å². The minimum absolute atomic E-state index is 0.200. The number of H-pyrrole nitrogens is 1. The molecule has 4 aromatic rings. The van der Waals surface area contributed by atoms with Gasteiger partial charge in [-0.05, 0) is 72.2 Å². The topological polar surface area (TPSA) is 55.0 Å². The Bertz CT molecular complexity index is 1250. The molecular formula is C29H27FN2O2. The summed E-state index contributed by atoms with van der Waals surface area (Å²) in [6.45, 7) is 0. The van der Waals surface area contributed by atoms with Crippen LogP contribution in [-0.2, 0) is 25.7 Å². The van der Waals surface area contributed by atoms with Crippen LogP contribution in [-0.4, -0.2) is 15.8 Å². The molecular weight excluding hydrogens is 427 g/mol. The Balaban J connectivity index is 1.49. The normalized spacial score (nSPS) is 14.0. The highest BCUT2D eigenvalue weighted by atomic mass is 19.1. The molecule has 1 aliphatic carbocycles. The average Bonchev–Trinajstić information content (AvgIpc) is 3.38. The van der Waals surface area contributed by atoms with Crippen molar-refractivity contribution in [2.75, 3.05) is 0 Å². The summed E-state index contributed by atoms with van der Waals surface area (Å²) >= 11 is 0. The van der Waals surface area contributed by atoms with Gasteiger partial charge in [-0.1, -0.05) is 42.5 Å². The predicted molar refractivity (Wildman–Crippen MR) is 130 cm³/mol. The maximum Gasteiger partial charge on any atom is 0.163 e. The van der Waals surface area contributed by atoms with Crippen molar-refractivity contribution in [1.29, 1.82) is 0 Å². The number of fused-ring (bicyclic) bond motifs is 1. The third kappa shape index (κ3) is 4.93. The van der Waals surface area contributed by atoms with E-state index in [1.165, 1.54) is 12.1 Å². The molecule has 1 aromatic heterocycles. The van der Waals surface area contributed by atoms with Gasteiger partial charge in [0.25, 0.3) is 0 Å². The minimum atomic E-state index is -0.237. The molecule has 1 atom stereocenters. The first-order valence-corrected chi connectivity index (χ1v) is 11.8. The standard InChI is InChI=1S/C29H27FN2O2/c30-22-12-9-20(10-13-22)11-14-25-23-7-4-8-26(33)24(23)15-16-27(25)34-28(19-29-31-17-18-32-29)21-5-2-1-3-6-21/h1-3,5-6,9-10,12-13,15-18,28H,4,7-8,11,14,19H2,(H,31,32)/t28-/m0/s1. The van der Waals surface area contributed by atoms with Gasteiger partial charge in [0.1, 0.15) is 23.5 Å². The fraction of sp³-hybridized carbons (Fsp3) is 0.241. The first kappa shape index (κ1) is 22.1. The molecule has 0 spiro atoms. The molecule has 34 heavy (non-hydrogen) atoms. The number of imidazole rings is 1. The van der Waals surface area contributed by atoms with E-state index in [1.54, 1.807) is 6.20 Å². The number of nitrogens with zero attached hydrogens (tertiary/aromatic N) is 1. The zero-order valence-corrected chi connectivity index (χ0v) is 19.0. The average molecular weight is 455 g/mol. The molecule has 1 N–H and O–H groups in total. The van der Waals surface area contributed by atoms with E-state index < -0.39 is 0 Å². The maximum atomic E-state index is 13.4. The van der Waals surface area contributed by atoms with Crippen LogP contribution in [0.5, 0.6) is 5.75 Å². The molecule has 3 aromatic carbocycles. The number of ether oxygens (including phenoxy) is 1. The quantitative estimate of drug-likeness (QED) is 0.344. The Kier molecular flexibility index (Phi) is 6.52. The van der Waals surface area contributed by atoms with Crippen molar-refractivity contribution in [3.8, 4) is 5.75 Å². The van der Waals surface area contributed by atoms with Gasteiger partial charge in [0, 0.05) is 30.8 Å². The number of aryl methyl sites for hydroxylation is 1. The van der Waals surface area contributed by atoms with E-state index in [0.717, 1.165) is 65.1 Å². The Morgan fingerprint density at radius 2 is 1.79 bits per heavy atom. The van der Waals surface area contributed by atoms with Gasteiger partial charge in [-0.15, -0.1) is 0 Å². The van der Waals surface area contributed by atoms with Gasteiger partial charge in [-0.25, -0.2) is 9.37 Å². The zero-order chi connectivity index (χ0) is 23.3. The van der Waals surface area contributed by atoms with E-state index in [1.807, 2.05) is 48.7 Å². The van der Waals surface area contributed by atoms with E-state index in [-0.39, 0.29) is 17.7 Å². The van der Waals surface area contributed by atoms with Gasteiger partial charge in [-0.2, -0.15) is 0 Å². The van der Waals surface area contributed by atoms with E-state index >= 15 is 0 Å². The number of nitrogens with one attached hydrogen (secondary N) is 1. The fourth-order valence-corrected chi connectivity index (χ4v) is 4.72.